The first kappa shape index (κ1) is 49.0. The molecule has 0 aromatic heterocycles. The van der Waals surface area contributed by atoms with Crippen molar-refractivity contribution in [1.29, 1.82) is 0 Å². The van der Waals surface area contributed by atoms with Crippen LogP contribution in [0.5, 0.6) is 0 Å². The quantitative estimate of drug-likeness (QED) is 0.275. The summed E-state index contributed by atoms with van der Waals surface area (Å²) in [5.41, 5.74) is 19.4. The third kappa shape index (κ3) is 76.5. The van der Waals surface area contributed by atoms with Crippen molar-refractivity contribution < 1.29 is 48.6 Å². The van der Waals surface area contributed by atoms with E-state index in [0.29, 0.717) is 0 Å². The number of Topliss-reactive ketones (excluding diaryl/α,β-unsaturated/α-hetero) is 6. The molecule has 0 aliphatic heterocycles. The van der Waals surface area contributed by atoms with Crippen molar-refractivity contribution in [1.82, 2.24) is 0 Å². The van der Waals surface area contributed by atoms with Crippen molar-refractivity contribution in [3.8, 4) is 0 Å². The van der Waals surface area contributed by atoms with Crippen LogP contribution in [-0.4, -0.2) is 69.2 Å². The molecule has 0 heterocycles. The van der Waals surface area contributed by atoms with Crippen molar-refractivity contribution in [2.75, 3.05) is 0 Å². The molecular formula is C26H46N4O10. The Morgan fingerprint density at radius 3 is 0.750 bits per heavy atom. The molecule has 0 aliphatic carbocycles. The van der Waals surface area contributed by atoms with Gasteiger partial charge in [-0.25, -0.2) is 9.59 Å². The molecule has 0 bridgehead atoms. The predicted octanol–water partition coefficient (Wildman–Crippen LogP) is 1.10. The summed E-state index contributed by atoms with van der Waals surface area (Å²) in [5.74, 6) is -1.96. The molecule has 1 aromatic carbocycles. The molecule has 0 saturated heterocycles. The van der Waals surface area contributed by atoms with Crippen molar-refractivity contribution >= 4 is 46.6 Å². The zero-order chi connectivity index (χ0) is 33.8. The van der Waals surface area contributed by atoms with Crippen molar-refractivity contribution in [3.63, 3.8) is 0 Å². The van der Waals surface area contributed by atoms with E-state index in [1.807, 2.05) is 0 Å². The summed E-state index contributed by atoms with van der Waals surface area (Å²) in [6.07, 6.45) is -1.57. The lowest BCUT2D eigenvalue weighted by molar-refractivity contribution is -0.118. The number of benzene rings is 1. The first-order valence-corrected chi connectivity index (χ1v) is 11.3. The number of carbonyl (C=O) groups is 8. The van der Waals surface area contributed by atoms with Crippen LogP contribution in [0.4, 0.5) is 0 Å². The molecule has 10 N–H and O–H groups in total. The number of carboxylic acids is 2. The molecule has 230 valence electrons. The van der Waals surface area contributed by atoms with Gasteiger partial charge in [0.2, 0.25) is 0 Å². The van der Waals surface area contributed by atoms with Gasteiger partial charge < -0.3 is 52.3 Å². The van der Waals surface area contributed by atoms with Gasteiger partial charge in [-0.3, -0.25) is 9.59 Å². The van der Waals surface area contributed by atoms with Crippen LogP contribution in [0.25, 0.3) is 0 Å². The van der Waals surface area contributed by atoms with Gasteiger partial charge in [0, 0.05) is 0 Å². The maximum atomic E-state index is 10.4. The molecule has 0 spiro atoms. The van der Waals surface area contributed by atoms with Crippen molar-refractivity contribution in [2.45, 2.75) is 81.6 Å². The lowest BCUT2D eigenvalue weighted by atomic mass is 10.1. The van der Waals surface area contributed by atoms with E-state index in [4.69, 9.17) is 33.1 Å². The van der Waals surface area contributed by atoms with E-state index >= 15 is 0 Å². The molecule has 1 aromatic rings. The molecule has 0 saturated carbocycles. The van der Waals surface area contributed by atoms with Crippen LogP contribution >= 0.6 is 0 Å². The van der Waals surface area contributed by atoms with Gasteiger partial charge in [-0.05, 0) is 87.4 Å². The molecule has 0 fully saturated rings. The molecule has 40 heavy (non-hydrogen) atoms. The number of carboxylic acid groups (broad SMARTS) is 2. The summed E-state index contributed by atoms with van der Waals surface area (Å²) in [7, 11) is 0. The number of ketones is 6. The average molecular weight is 575 g/mol. The summed E-state index contributed by atoms with van der Waals surface area (Å²) in [6, 6.07) is 5.20. The van der Waals surface area contributed by atoms with E-state index in [0.717, 1.165) is 6.07 Å². The van der Waals surface area contributed by atoms with Crippen molar-refractivity contribution in [2.24, 2.45) is 22.9 Å². The second-order valence-electron chi connectivity index (χ2n) is 8.10. The highest BCUT2D eigenvalue weighted by Crippen LogP contribution is 2.04. The van der Waals surface area contributed by atoms with Crippen LogP contribution in [-0.2, 0) is 28.8 Å². The molecule has 0 amide bonds. The molecule has 1 rings (SSSR count). The van der Waals surface area contributed by atoms with E-state index in [2.05, 4.69) is 0 Å². The first-order valence-electron chi connectivity index (χ1n) is 11.3. The van der Waals surface area contributed by atoms with E-state index in [9.17, 15) is 38.4 Å². The summed E-state index contributed by atoms with van der Waals surface area (Å²) in [6.45, 7) is 14.9. The van der Waals surface area contributed by atoms with Gasteiger partial charge in [-0.1, -0.05) is 6.07 Å². The van der Waals surface area contributed by atoms with Crippen LogP contribution in [0.1, 0.15) is 90.0 Å². The third-order valence-electron chi connectivity index (χ3n) is 2.30. The van der Waals surface area contributed by atoms with Crippen LogP contribution in [0.2, 0.25) is 0 Å². The van der Waals surface area contributed by atoms with E-state index < -0.39 is 24.3 Å². The number of nitrogens with two attached hydrogens (primary N) is 4. The Labute approximate surface area is 235 Å². The number of aromatic carboxylic acids is 2. The number of carbonyl (C=O) groups excluding carboxylic acids is 6. The average Bonchev–Trinajstić information content (AvgIpc) is 2.73. The maximum Gasteiger partial charge on any atom is 0.335 e. The standard InChI is InChI=1S/C8H6O4.2C3H8N2O.4C3H6O/c9-7(10)5-2-1-3-6(4-5)8(11)12;2*1-2(6)3(4)5;4*1-3(2)4/h1-4H,(H,9,10)(H,11,12);2*3H,4-5H2,1H3;4*1-2H3. The number of hydrogen-bond donors (Lipinski definition) is 6. The summed E-state index contributed by atoms with van der Waals surface area (Å²) < 4.78 is 0. The third-order valence-corrected chi connectivity index (χ3v) is 2.30. The Hall–Kier alpha value is -3.98. The zero-order valence-electron chi connectivity index (χ0n) is 24.9. The van der Waals surface area contributed by atoms with E-state index in [1.165, 1.54) is 87.4 Å². The lowest BCUT2D eigenvalue weighted by Crippen LogP contribution is -2.37. The van der Waals surface area contributed by atoms with Gasteiger partial charge in [0.1, 0.15) is 35.5 Å². The summed E-state index contributed by atoms with van der Waals surface area (Å²) in [5, 5.41) is 17.0. The summed E-state index contributed by atoms with van der Waals surface area (Å²) >= 11 is 0. The Bertz CT molecular complexity index is 832. The van der Waals surface area contributed by atoms with Gasteiger partial charge in [-0.2, -0.15) is 0 Å². The highest BCUT2D eigenvalue weighted by molar-refractivity contribution is 5.93. The second kappa shape index (κ2) is 31.2. The number of hydrogen-bond acceptors (Lipinski definition) is 12. The first-order chi connectivity index (χ1) is 17.8. The van der Waals surface area contributed by atoms with Gasteiger partial charge in [-0.15, -0.1) is 0 Å². The van der Waals surface area contributed by atoms with Gasteiger partial charge in [0.15, 0.2) is 11.6 Å². The van der Waals surface area contributed by atoms with Crippen LogP contribution in [0.15, 0.2) is 24.3 Å². The fraction of sp³-hybridized carbons (Fsp3) is 0.462. The second-order valence-corrected chi connectivity index (χ2v) is 8.10. The van der Waals surface area contributed by atoms with Crippen molar-refractivity contribution in [3.05, 3.63) is 35.4 Å². The minimum absolute atomic E-state index is 0.0186. The van der Waals surface area contributed by atoms with Crippen LogP contribution in [0.3, 0.4) is 0 Å². The van der Waals surface area contributed by atoms with E-state index in [-0.39, 0.29) is 45.8 Å². The fourth-order valence-electron chi connectivity index (χ4n) is 0.785. The van der Waals surface area contributed by atoms with Gasteiger partial charge in [0.05, 0.1) is 11.1 Å². The van der Waals surface area contributed by atoms with E-state index in [1.54, 1.807) is 0 Å². The monoisotopic (exact) mass is 574 g/mol. The predicted molar refractivity (Wildman–Crippen MR) is 151 cm³/mol. The Kier molecular flexibility index (Phi) is 38.3. The summed E-state index contributed by atoms with van der Waals surface area (Å²) in [4.78, 5) is 78.3. The van der Waals surface area contributed by atoms with Crippen LogP contribution < -0.4 is 22.9 Å². The molecule has 0 radical (unpaired) electrons. The molecular weight excluding hydrogens is 528 g/mol. The molecule has 0 aliphatic rings. The zero-order valence-corrected chi connectivity index (χ0v) is 24.9. The fourth-order valence-corrected chi connectivity index (χ4v) is 0.785. The minimum Gasteiger partial charge on any atom is -0.478 e. The molecule has 0 unspecified atom stereocenters. The lowest BCUT2D eigenvalue weighted by Gasteiger charge is -1.95. The minimum atomic E-state index is -1.13. The largest absolute Gasteiger partial charge is 0.478 e. The topological polar surface area (TPSA) is 281 Å². The highest BCUT2D eigenvalue weighted by atomic mass is 16.4. The smallest absolute Gasteiger partial charge is 0.335 e. The molecule has 14 heteroatoms. The highest BCUT2D eigenvalue weighted by Gasteiger charge is 2.06. The van der Waals surface area contributed by atoms with Gasteiger partial charge in [0.25, 0.3) is 0 Å². The maximum absolute atomic E-state index is 10.4. The Morgan fingerprint density at radius 1 is 0.500 bits per heavy atom. The van der Waals surface area contributed by atoms with Gasteiger partial charge >= 0.3 is 11.9 Å². The normalized spacial score (nSPS) is 8.20. The molecule has 14 nitrogen and oxygen atoms in total. The Morgan fingerprint density at radius 2 is 0.650 bits per heavy atom. The number of rotatable bonds is 4. The molecule has 0 atom stereocenters. The SMILES string of the molecule is CC(=O)C(N)N.CC(=O)C(N)N.CC(C)=O.CC(C)=O.CC(C)=O.CC(C)=O.O=C(O)c1cccc(C(=O)O)c1. The Balaban J connectivity index is -0.0000000898. The van der Waals surface area contributed by atoms with Crippen LogP contribution in [0, 0.1) is 0 Å².